The minimum Gasteiger partial charge on any atom is -0.484 e. The van der Waals surface area contributed by atoms with Crippen LogP contribution in [0, 0.1) is 0 Å². The molecule has 16 heavy (non-hydrogen) atoms. The van der Waals surface area contributed by atoms with Gasteiger partial charge in [0.25, 0.3) is 0 Å². The van der Waals surface area contributed by atoms with Crippen molar-refractivity contribution in [2.45, 2.75) is 45.8 Å². The first-order valence-electron chi connectivity index (χ1n) is 5.82. The van der Waals surface area contributed by atoms with Crippen molar-refractivity contribution < 1.29 is 4.74 Å². The van der Waals surface area contributed by atoms with Crippen LogP contribution in [0.25, 0.3) is 0 Å². The zero-order valence-corrected chi connectivity index (χ0v) is 10.9. The monoisotopic (exact) mass is 241 g/mol. The second-order valence-corrected chi connectivity index (χ2v) is 5.14. The number of anilines is 2. The van der Waals surface area contributed by atoms with E-state index in [0.717, 1.165) is 17.3 Å². The van der Waals surface area contributed by atoms with E-state index in [0.29, 0.717) is 11.9 Å². The Morgan fingerprint density at radius 2 is 2.25 bits per heavy atom. The van der Waals surface area contributed by atoms with E-state index < -0.39 is 0 Å². The van der Waals surface area contributed by atoms with Crippen LogP contribution in [0.5, 0.6) is 5.75 Å². The molecular weight excluding hydrogens is 222 g/mol. The highest BCUT2D eigenvalue weighted by molar-refractivity contribution is 7.11. The lowest BCUT2D eigenvalue weighted by Gasteiger charge is -2.22. The molecule has 0 aromatic carbocycles. The van der Waals surface area contributed by atoms with Gasteiger partial charge in [0.05, 0.1) is 6.10 Å². The number of nitrogen functional groups attached to an aromatic ring is 1. The number of hydrogen-bond acceptors (Lipinski definition) is 5. The van der Waals surface area contributed by atoms with Crippen LogP contribution in [0.3, 0.4) is 0 Å². The van der Waals surface area contributed by atoms with Crippen molar-refractivity contribution in [1.29, 1.82) is 0 Å². The van der Waals surface area contributed by atoms with Gasteiger partial charge in [-0.25, -0.2) is 0 Å². The summed E-state index contributed by atoms with van der Waals surface area (Å²) in [6.07, 6.45) is 2.68. The molecule has 5 heteroatoms. The van der Waals surface area contributed by atoms with E-state index in [1.165, 1.54) is 24.4 Å². The molecular formula is C11H19N3OS. The number of nitrogens with zero attached hydrogens (tertiary/aromatic N) is 2. The van der Waals surface area contributed by atoms with Gasteiger partial charge in [-0.2, -0.15) is 4.37 Å². The van der Waals surface area contributed by atoms with Crippen LogP contribution in [0.2, 0.25) is 0 Å². The average molecular weight is 241 g/mol. The Balaban J connectivity index is 2.24. The van der Waals surface area contributed by atoms with Crippen molar-refractivity contribution in [1.82, 2.24) is 4.37 Å². The summed E-state index contributed by atoms with van der Waals surface area (Å²) in [5.74, 6) is 1.29. The van der Waals surface area contributed by atoms with Gasteiger partial charge in [0.2, 0.25) is 0 Å². The third-order valence-electron chi connectivity index (χ3n) is 2.60. The van der Waals surface area contributed by atoms with Gasteiger partial charge >= 0.3 is 0 Å². The Kier molecular flexibility index (Phi) is 3.23. The molecule has 1 aliphatic carbocycles. The second-order valence-electron chi connectivity index (χ2n) is 4.39. The lowest BCUT2D eigenvalue weighted by atomic mass is 10.4. The van der Waals surface area contributed by atoms with Crippen LogP contribution in [0.4, 0.5) is 10.8 Å². The van der Waals surface area contributed by atoms with Crippen molar-refractivity contribution in [2.24, 2.45) is 0 Å². The summed E-state index contributed by atoms with van der Waals surface area (Å²) >= 11 is 1.45. The molecule has 0 amide bonds. The summed E-state index contributed by atoms with van der Waals surface area (Å²) in [4.78, 5) is 2.35. The molecule has 1 heterocycles. The molecule has 0 bridgehead atoms. The summed E-state index contributed by atoms with van der Waals surface area (Å²) in [7, 11) is 0. The van der Waals surface area contributed by atoms with Gasteiger partial charge < -0.3 is 15.4 Å². The Hall–Kier alpha value is -0.970. The number of nitrogens with two attached hydrogens (primary N) is 1. The number of hydrogen-bond donors (Lipinski definition) is 1. The predicted octanol–water partition coefficient (Wildman–Crippen LogP) is 2.50. The molecule has 1 aromatic heterocycles. The summed E-state index contributed by atoms with van der Waals surface area (Å²) < 4.78 is 9.96. The van der Waals surface area contributed by atoms with Crippen LogP contribution in [-0.4, -0.2) is 23.1 Å². The first kappa shape index (κ1) is 11.5. The summed E-state index contributed by atoms with van der Waals surface area (Å²) in [6.45, 7) is 7.16. The minimum atomic E-state index is 0.135. The Bertz CT molecular complexity index is 360. The average Bonchev–Trinajstić information content (AvgIpc) is 2.99. The maximum absolute atomic E-state index is 5.85. The molecule has 0 spiro atoms. The van der Waals surface area contributed by atoms with E-state index >= 15 is 0 Å². The van der Waals surface area contributed by atoms with E-state index in [2.05, 4.69) is 16.2 Å². The first-order chi connectivity index (χ1) is 7.63. The summed E-state index contributed by atoms with van der Waals surface area (Å²) in [5.41, 5.74) is 5.85. The quantitative estimate of drug-likeness (QED) is 0.860. The molecule has 2 rings (SSSR count). The molecule has 90 valence electrons. The third kappa shape index (κ3) is 2.24. The molecule has 0 aliphatic heterocycles. The highest BCUT2D eigenvalue weighted by Crippen LogP contribution is 2.43. The molecule has 0 radical (unpaired) electrons. The Morgan fingerprint density at radius 1 is 1.56 bits per heavy atom. The zero-order chi connectivity index (χ0) is 11.7. The predicted molar refractivity (Wildman–Crippen MR) is 68.3 cm³/mol. The molecule has 4 nitrogen and oxygen atoms in total. The maximum Gasteiger partial charge on any atom is 0.198 e. The van der Waals surface area contributed by atoms with Gasteiger partial charge in [0.1, 0.15) is 0 Å². The lowest BCUT2D eigenvalue weighted by Crippen LogP contribution is -2.25. The highest BCUT2D eigenvalue weighted by Gasteiger charge is 2.32. The fourth-order valence-electron chi connectivity index (χ4n) is 1.77. The lowest BCUT2D eigenvalue weighted by molar-refractivity contribution is 0.245. The van der Waals surface area contributed by atoms with Crippen LogP contribution in [-0.2, 0) is 0 Å². The Labute approximate surface area is 101 Å². The fraction of sp³-hybridized carbons (Fsp3) is 0.727. The fourth-order valence-corrected chi connectivity index (χ4v) is 2.65. The van der Waals surface area contributed by atoms with Gasteiger partial charge in [0.15, 0.2) is 16.6 Å². The molecule has 1 aliphatic rings. The SMILES string of the molecule is CCN(c1snc(N)c1OC(C)C)C1CC1. The standard InChI is InChI=1S/C11H19N3OS/c1-4-14(8-5-6-8)11-9(15-7(2)3)10(12)13-16-11/h7-8H,4-6H2,1-3H3,(H2,12,13). The van der Waals surface area contributed by atoms with Crippen LogP contribution in [0.15, 0.2) is 0 Å². The number of ether oxygens (including phenoxy) is 1. The molecule has 2 N–H and O–H groups in total. The number of aromatic nitrogens is 1. The maximum atomic E-state index is 5.85. The van der Waals surface area contributed by atoms with Crippen molar-refractivity contribution in [3.05, 3.63) is 0 Å². The van der Waals surface area contributed by atoms with Crippen LogP contribution >= 0.6 is 11.5 Å². The van der Waals surface area contributed by atoms with E-state index in [1.807, 2.05) is 13.8 Å². The van der Waals surface area contributed by atoms with E-state index in [1.54, 1.807) is 0 Å². The number of rotatable bonds is 5. The van der Waals surface area contributed by atoms with Gasteiger partial charge in [-0.05, 0) is 45.1 Å². The molecule has 0 atom stereocenters. The molecule has 1 fully saturated rings. The second kappa shape index (κ2) is 4.49. The van der Waals surface area contributed by atoms with Gasteiger partial charge in [-0.3, -0.25) is 0 Å². The van der Waals surface area contributed by atoms with E-state index in [-0.39, 0.29) is 6.10 Å². The third-order valence-corrected chi connectivity index (χ3v) is 3.48. The molecule has 1 saturated carbocycles. The van der Waals surface area contributed by atoms with Crippen LogP contribution in [0.1, 0.15) is 33.6 Å². The molecule has 1 aromatic rings. The van der Waals surface area contributed by atoms with E-state index in [9.17, 15) is 0 Å². The van der Waals surface area contributed by atoms with E-state index in [4.69, 9.17) is 10.5 Å². The molecule has 0 unspecified atom stereocenters. The van der Waals surface area contributed by atoms with Gasteiger partial charge in [-0.15, -0.1) is 0 Å². The topological polar surface area (TPSA) is 51.4 Å². The molecule has 0 saturated heterocycles. The van der Waals surface area contributed by atoms with Crippen molar-refractivity contribution in [3.8, 4) is 5.75 Å². The summed E-state index contributed by atoms with van der Waals surface area (Å²) in [6, 6.07) is 0.666. The van der Waals surface area contributed by atoms with Crippen molar-refractivity contribution in [2.75, 3.05) is 17.2 Å². The van der Waals surface area contributed by atoms with Crippen molar-refractivity contribution >= 4 is 22.4 Å². The zero-order valence-electron chi connectivity index (χ0n) is 10.1. The smallest absolute Gasteiger partial charge is 0.198 e. The largest absolute Gasteiger partial charge is 0.484 e. The van der Waals surface area contributed by atoms with Crippen LogP contribution < -0.4 is 15.4 Å². The summed E-state index contributed by atoms with van der Waals surface area (Å²) in [5, 5.41) is 1.09. The Morgan fingerprint density at radius 3 is 2.75 bits per heavy atom. The van der Waals surface area contributed by atoms with Crippen molar-refractivity contribution in [3.63, 3.8) is 0 Å². The minimum absolute atomic E-state index is 0.135. The first-order valence-corrected chi connectivity index (χ1v) is 6.59. The van der Waals surface area contributed by atoms with Gasteiger partial charge in [-0.1, -0.05) is 0 Å². The highest BCUT2D eigenvalue weighted by atomic mass is 32.1. The normalized spacial score (nSPS) is 15.5. The van der Waals surface area contributed by atoms with Gasteiger partial charge in [0, 0.05) is 12.6 Å².